The number of esters is 1. The molecule has 1 amide bonds. The second-order valence-electron chi connectivity index (χ2n) is 19.7. The Morgan fingerprint density at radius 1 is 0.435 bits per heavy atom. The summed E-state index contributed by atoms with van der Waals surface area (Å²) in [6.45, 7) is 6.37. The van der Waals surface area contributed by atoms with Gasteiger partial charge in [0.15, 0.2) is 0 Å². The lowest BCUT2D eigenvalue weighted by molar-refractivity contribution is -0.150. The van der Waals surface area contributed by atoms with Crippen LogP contribution < -0.4 is 5.32 Å². The van der Waals surface area contributed by atoms with E-state index >= 15 is 0 Å². The quantitative estimate of drug-likeness (QED) is 0.0321. The molecule has 0 aliphatic heterocycles. The van der Waals surface area contributed by atoms with Gasteiger partial charge in [-0.1, -0.05) is 260 Å². The van der Waals surface area contributed by atoms with Crippen molar-refractivity contribution in [2.75, 3.05) is 6.61 Å². The Morgan fingerprint density at radius 2 is 0.783 bits per heavy atom. The summed E-state index contributed by atoms with van der Waals surface area (Å²) in [5, 5.41) is 23.9. The summed E-state index contributed by atoms with van der Waals surface area (Å²) in [4.78, 5) is 26.2. The summed E-state index contributed by atoms with van der Waals surface area (Å²) in [6.07, 6.45) is 73.7. The minimum Gasteiger partial charge on any atom is -0.462 e. The number of aliphatic hydroxyl groups is 2. The molecule has 0 aliphatic rings. The summed E-state index contributed by atoms with van der Waals surface area (Å²) in [5.41, 5.74) is 0. The van der Waals surface area contributed by atoms with E-state index in [1.807, 2.05) is 6.08 Å². The smallest absolute Gasteiger partial charge is 0.306 e. The molecular weight excluding hydrogens is 851 g/mol. The molecule has 0 bridgehead atoms. The Morgan fingerprint density at radius 3 is 1.20 bits per heavy atom. The van der Waals surface area contributed by atoms with Gasteiger partial charge in [-0.3, -0.25) is 9.59 Å². The number of carbonyl (C=O) groups excluding carboxylic acids is 2. The van der Waals surface area contributed by atoms with Crippen LogP contribution in [-0.2, 0) is 14.3 Å². The van der Waals surface area contributed by atoms with Gasteiger partial charge in [-0.2, -0.15) is 0 Å². The second-order valence-corrected chi connectivity index (χ2v) is 19.7. The lowest BCUT2D eigenvalue weighted by Crippen LogP contribution is -2.46. The highest BCUT2D eigenvalue weighted by atomic mass is 16.5. The van der Waals surface area contributed by atoms with Crippen LogP contribution >= 0.6 is 0 Å². The van der Waals surface area contributed by atoms with Crippen molar-refractivity contribution in [3.05, 3.63) is 85.1 Å². The lowest BCUT2D eigenvalue weighted by atomic mass is 10.0. The molecule has 0 spiro atoms. The first-order valence-electron chi connectivity index (χ1n) is 29.3. The molecule has 0 heterocycles. The number of amides is 1. The number of rotatable bonds is 52. The molecule has 398 valence electrons. The van der Waals surface area contributed by atoms with E-state index < -0.39 is 18.2 Å². The van der Waals surface area contributed by atoms with Crippen molar-refractivity contribution in [1.29, 1.82) is 0 Å². The maximum absolute atomic E-state index is 13.3. The highest BCUT2D eigenvalue weighted by Gasteiger charge is 2.24. The topological polar surface area (TPSA) is 95.9 Å². The number of unbranched alkanes of at least 4 members (excludes halogenated alkanes) is 26. The normalized spacial score (nSPS) is 13.8. The van der Waals surface area contributed by atoms with Crippen LogP contribution in [0.3, 0.4) is 0 Å². The SMILES string of the molecule is CC/C=C\C/C=C\C/C=C\C/C=C\C/C=C\C/C=C\CCC(=O)OC(CCCCC/C=C/CCCCCCCCC)CC(=O)NC(CO)C(O)CCCCCCCCCCCCCCCCCCC. The molecule has 6 nitrogen and oxygen atoms in total. The van der Waals surface area contributed by atoms with E-state index in [0.29, 0.717) is 19.3 Å². The average molecular weight is 963 g/mol. The average Bonchev–Trinajstić information content (AvgIpc) is 3.34. The Labute approximate surface area is 427 Å². The van der Waals surface area contributed by atoms with Gasteiger partial charge in [0.25, 0.3) is 0 Å². The first-order chi connectivity index (χ1) is 34.0. The van der Waals surface area contributed by atoms with Crippen LogP contribution in [0, 0.1) is 0 Å². The van der Waals surface area contributed by atoms with E-state index in [1.54, 1.807) is 0 Å². The van der Waals surface area contributed by atoms with Crippen LogP contribution in [0.1, 0.15) is 278 Å². The molecule has 69 heavy (non-hydrogen) atoms. The standard InChI is InChI=1S/C63H111NO5/c1-4-7-10-13-16-19-22-25-28-30-31-33-35-38-41-44-47-50-53-56-63(68)69-59(54-51-48-45-42-39-36-27-24-21-18-15-12-9-6-3)57-62(67)64-60(58-65)61(66)55-52-49-46-43-40-37-34-32-29-26-23-20-17-14-11-8-5-2/h7,10,16,19,25,28,31,33,36,38-39,41,47,50,59-61,65-66H,4-6,8-9,11-15,17-18,20-24,26-27,29-30,32,34-35,37,40,42-46,48-49,51-58H2,1-3H3,(H,64,67)/b10-7-,19-16-,28-25-,33-31-,39-36+,41-38-,50-47-. The molecule has 0 fully saturated rings. The van der Waals surface area contributed by atoms with Gasteiger partial charge in [0.1, 0.15) is 6.10 Å². The molecule has 0 aliphatic carbocycles. The number of allylic oxidation sites excluding steroid dienone is 14. The summed E-state index contributed by atoms with van der Waals surface area (Å²) in [7, 11) is 0. The molecule has 0 aromatic carbocycles. The van der Waals surface area contributed by atoms with Crippen molar-refractivity contribution in [1.82, 2.24) is 5.32 Å². The predicted octanol–water partition coefficient (Wildman–Crippen LogP) is 18.3. The van der Waals surface area contributed by atoms with Crippen molar-refractivity contribution in [3.63, 3.8) is 0 Å². The monoisotopic (exact) mass is 962 g/mol. The molecule has 0 rings (SSSR count). The van der Waals surface area contributed by atoms with Gasteiger partial charge in [0.05, 0.1) is 25.2 Å². The molecular formula is C63H111NO5. The number of aliphatic hydroxyl groups excluding tert-OH is 2. The Balaban J connectivity index is 4.65. The minimum absolute atomic E-state index is 0.0341. The van der Waals surface area contributed by atoms with Gasteiger partial charge in [-0.15, -0.1) is 0 Å². The number of carbonyl (C=O) groups is 2. The van der Waals surface area contributed by atoms with E-state index in [-0.39, 0.29) is 31.3 Å². The van der Waals surface area contributed by atoms with Crippen molar-refractivity contribution >= 4 is 11.9 Å². The maximum atomic E-state index is 13.3. The van der Waals surface area contributed by atoms with Crippen LogP contribution in [0.4, 0.5) is 0 Å². The van der Waals surface area contributed by atoms with Gasteiger partial charge in [0, 0.05) is 6.42 Å². The second kappa shape index (κ2) is 56.0. The number of hydrogen-bond acceptors (Lipinski definition) is 5. The van der Waals surface area contributed by atoms with E-state index in [1.165, 1.54) is 135 Å². The Hall–Kier alpha value is -2.96. The molecule has 0 aromatic rings. The number of ether oxygens (including phenoxy) is 1. The largest absolute Gasteiger partial charge is 0.462 e. The van der Waals surface area contributed by atoms with Crippen LogP contribution in [-0.4, -0.2) is 46.9 Å². The van der Waals surface area contributed by atoms with Gasteiger partial charge in [-0.25, -0.2) is 0 Å². The van der Waals surface area contributed by atoms with Crippen LogP contribution in [0.5, 0.6) is 0 Å². The molecule has 6 heteroatoms. The third kappa shape index (κ3) is 51.2. The summed E-state index contributed by atoms with van der Waals surface area (Å²) >= 11 is 0. The van der Waals surface area contributed by atoms with E-state index in [0.717, 1.165) is 89.9 Å². The zero-order chi connectivity index (χ0) is 50.2. The fourth-order valence-electron chi connectivity index (χ4n) is 8.57. The van der Waals surface area contributed by atoms with Crippen molar-refractivity contribution in [3.8, 4) is 0 Å². The third-order valence-electron chi connectivity index (χ3n) is 13.0. The first kappa shape index (κ1) is 66.0. The molecule has 0 aromatic heterocycles. The first-order valence-corrected chi connectivity index (χ1v) is 29.3. The van der Waals surface area contributed by atoms with Crippen molar-refractivity contribution in [2.24, 2.45) is 0 Å². The van der Waals surface area contributed by atoms with Gasteiger partial charge in [0.2, 0.25) is 5.91 Å². The minimum atomic E-state index is -0.809. The third-order valence-corrected chi connectivity index (χ3v) is 13.0. The van der Waals surface area contributed by atoms with E-state index in [4.69, 9.17) is 4.74 Å². The van der Waals surface area contributed by atoms with Gasteiger partial charge < -0.3 is 20.3 Å². The van der Waals surface area contributed by atoms with E-state index in [2.05, 4.69) is 105 Å². The van der Waals surface area contributed by atoms with Crippen LogP contribution in [0.25, 0.3) is 0 Å². The van der Waals surface area contributed by atoms with Crippen molar-refractivity contribution < 1.29 is 24.5 Å². The van der Waals surface area contributed by atoms with Crippen LogP contribution in [0.15, 0.2) is 85.1 Å². The Kier molecular flexibility index (Phi) is 53.6. The molecule has 3 unspecified atom stereocenters. The highest BCUT2D eigenvalue weighted by Crippen LogP contribution is 2.18. The lowest BCUT2D eigenvalue weighted by Gasteiger charge is -2.24. The number of hydrogen-bond donors (Lipinski definition) is 3. The summed E-state index contributed by atoms with van der Waals surface area (Å²) in [5.74, 6) is -0.586. The van der Waals surface area contributed by atoms with E-state index in [9.17, 15) is 19.8 Å². The Bertz CT molecular complexity index is 1310. The maximum Gasteiger partial charge on any atom is 0.306 e. The fourth-order valence-corrected chi connectivity index (χ4v) is 8.57. The summed E-state index contributed by atoms with van der Waals surface area (Å²) < 4.78 is 5.91. The fraction of sp³-hybridized carbons (Fsp3) is 0.746. The van der Waals surface area contributed by atoms with Crippen molar-refractivity contribution in [2.45, 2.75) is 296 Å². The predicted molar refractivity (Wildman–Crippen MR) is 301 cm³/mol. The number of nitrogens with one attached hydrogen (secondary N) is 1. The van der Waals surface area contributed by atoms with Crippen LogP contribution in [0.2, 0.25) is 0 Å². The zero-order valence-electron chi connectivity index (χ0n) is 45.4. The summed E-state index contributed by atoms with van der Waals surface area (Å²) in [6, 6.07) is -0.726. The van der Waals surface area contributed by atoms with Gasteiger partial charge in [-0.05, 0) is 89.9 Å². The molecule has 0 saturated carbocycles. The molecule has 0 saturated heterocycles. The van der Waals surface area contributed by atoms with Gasteiger partial charge >= 0.3 is 5.97 Å². The molecule has 0 radical (unpaired) electrons. The molecule has 3 N–H and O–H groups in total. The highest BCUT2D eigenvalue weighted by molar-refractivity contribution is 5.77. The molecule has 3 atom stereocenters. The zero-order valence-corrected chi connectivity index (χ0v) is 45.4.